The molecule has 0 unspecified atom stereocenters. The van der Waals surface area contributed by atoms with Gasteiger partial charge < -0.3 is 5.73 Å². The highest BCUT2D eigenvalue weighted by Crippen LogP contribution is 2.35. The number of nitrogens with zero attached hydrogens (tertiary/aromatic N) is 2. The van der Waals surface area contributed by atoms with Gasteiger partial charge in [0.15, 0.2) is 5.13 Å². The number of hydrogen-bond acceptors (Lipinski definition) is 4. The predicted octanol–water partition coefficient (Wildman–Crippen LogP) is 3.46. The van der Waals surface area contributed by atoms with Gasteiger partial charge in [-0.3, -0.25) is 0 Å². The summed E-state index contributed by atoms with van der Waals surface area (Å²) in [6, 6.07) is 0.907. The van der Waals surface area contributed by atoms with Gasteiger partial charge in [0.05, 0.1) is 11.3 Å². The molecule has 0 aliphatic carbocycles. The topological polar surface area (TPSA) is 51.8 Å². The predicted molar refractivity (Wildman–Crippen MR) is 59.8 cm³/mol. The van der Waals surface area contributed by atoms with Crippen molar-refractivity contribution in [2.24, 2.45) is 0 Å². The normalized spacial score (nSPS) is 11.8. The van der Waals surface area contributed by atoms with Gasteiger partial charge in [-0.2, -0.15) is 13.2 Å². The van der Waals surface area contributed by atoms with Gasteiger partial charge in [-0.05, 0) is 6.07 Å². The minimum absolute atomic E-state index is 0.0386. The number of nitrogens with two attached hydrogens (primary N) is 1. The lowest BCUT2D eigenvalue weighted by atomic mass is 10.1. The number of alkyl halides is 3. The summed E-state index contributed by atoms with van der Waals surface area (Å²) in [7, 11) is 0. The SMILES string of the molecule is Nc1nc(-c2cc(C(F)(F)F)cnc2Cl)cs1. The molecule has 2 N–H and O–H groups in total. The molecule has 0 amide bonds. The summed E-state index contributed by atoms with van der Waals surface area (Å²) in [5, 5.41) is 1.75. The van der Waals surface area contributed by atoms with Gasteiger partial charge in [0.25, 0.3) is 0 Å². The van der Waals surface area contributed by atoms with E-state index in [-0.39, 0.29) is 21.5 Å². The van der Waals surface area contributed by atoms with Crippen molar-refractivity contribution < 1.29 is 13.2 Å². The van der Waals surface area contributed by atoms with E-state index in [2.05, 4.69) is 9.97 Å². The van der Waals surface area contributed by atoms with Gasteiger partial charge in [0, 0.05) is 17.1 Å². The summed E-state index contributed by atoms with van der Waals surface area (Å²) < 4.78 is 37.5. The number of thiazole rings is 1. The number of pyridine rings is 1. The summed E-state index contributed by atoms with van der Waals surface area (Å²) in [5.41, 5.74) is 4.95. The van der Waals surface area contributed by atoms with E-state index in [1.165, 1.54) is 5.38 Å². The molecule has 0 aliphatic heterocycles. The zero-order valence-corrected chi connectivity index (χ0v) is 9.70. The van der Waals surface area contributed by atoms with Gasteiger partial charge in [0.1, 0.15) is 5.15 Å². The van der Waals surface area contributed by atoms with Crippen LogP contribution in [0, 0.1) is 0 Å². The molecule has 3 nitrogen and oxygen atoms in total. The van der Waals surface area contributed by atoms with E-state index in [0.717, 1.165) is 17.4 Å². The van der Waals surface area contributed by atoms with Crippen molar-refractivity contribution in [1.29, 1.82) is 0 Å². The molecule has 2 aromatic rings. The largest absolute Gasteiger partial charge is 0.417 e. The molecule has 2 rings (SSSR count). The van der Waals surface area contributed by atoms with Crippen LogP contribution >= 0.6 is 22.9 Å². The zero-order chi connectivity index (χ0) is 12.6. The van der Waals surface area contributed by atoms with E-state index < -0.39 is 11.7 Å². The molecule has 0 fully saturated rings. The van der Waals surface area contributed by atoms with Crippen molar-refractivity contribution in [3.05, 3.63) is 28.4 Å². The summed E-state index contributed by atoms with van der Waals surface area (Å²) in [6.07, 6.45) is -3.78. The fourth-order valence-corrected chi connectivity index (χ4v) is 1.96. The molecule has 0 saturated heterocycles. The standard InChI is InChI=1S/C9H5ClF3N3S/c10-7-5(6-3-17-8(14)16-6)1-4(2-15-7)9(11,12)13/h1-3H,(H2,14,16). The van der Waals surface area contributed by atoms with Crippen LogP contribution in [0.5, 0.6) is 0 Å². The number of nitrogen functional groups attached to an aromatic ring is 1. The van der Waals surface area contributed by atoms with Crippen molar-refractivity contribution in [3.8, 4) is 11.3 Å². The first-order valence-electron chi connectivity index (χ1n) is 4.32. The quantitative estimate of drug-likeness (QED) is 0.813. The highest BCUT2D eigenvalue weighted by molar-refractivity contribution is 7.13. The summed E-state index contributed by atoms with van der Waals surface area (Å²) >= 11 is 6.86. The molecular weight excluding hydrogens is 275 g/mol. The fourth-order valence-electron chi connectivity index (χ4n) is 1.19. The lowest BCUT2D eigenvalue weighted by molar-refractivity contribution is -0.137. The van der Waals surface area contributed by atoms with Gasteiger partial charge in [0.2, 0.25) is 0 Å². The van der Waals surface area contributed by atoms with Gasteiger partial charge in [-0.15, -0.1) is 11.3 Å². The van der Waals surface area contributed by atoms with E-state index in [0.29, 0.717) is 6.20 Å². The second kappa shape index (κ2) is 4.15. The number of hydrogen-bond donors (Lipinski definition) is 1. The summed E-state index contributed by atoms with van der Waals surface area (Å²) in [5.74, 6) is 0. The molecule has 2 aromatic heterocycles. The number of rotatable bonds is 1. The first-order chi connectivity index (χ1) is 7.88. The molecule has 0 bridgehead atoms. The minimum Gasteiger partial charge on any atom is -0.375 e. The molecule has 0 aromatic carbocycles. The highest BCUT2D eigenvalue weighted by atomic mass is 35.5. The van der Waals surface area contributed by atoms with Crippen LogP contribution in [-0.2, 0) is 6.18 Å². The first kappa shape index (κ1) is 12.1. The average Bonchev–Trinajstić information content (AvgIpc) is 2.63. The van der Waals surface area contributed by atoms with Crippen LogP contribution in [0.3, 0.4) is 0 Å². The van der Waals surface area contributed by atoms with Crippen molar-refractivity contribution in [2.45, 2.75) is 6.18 Å². The van der Waals surface area contributed by atoms with E-state index >= 15 is 0 Å². The average molecular weight is 280 g/mol. The van der Waals surface area contributed by atoms with E-state index in [4.69, 9.17) is 17.3 Å². The number of halogens is 4. The maximum absolute atomic E-state index is 12.5. The zero-order valence-electron chi connectivity index (χ0n) is 8.12. The van der Waals surface area contributed by atoms with Crippen molar-refractivity contribution in [3.63, 3.8) is 0 Å². The minimum atomic E-state index is -4.46. The smallest absolute Gasteiger partial charge is 0.375 e. The van der Waals surface area contributed by atoms with Crippen LogP contribution in [-0.4, -0.2) is 9.97 Å². The van der Waals surface area contributed by atoms with Crippen molar-refractivity contribution in [2.75, 3.05) is 5.73 Å². The van der Waals surface area contributed by atoms with Gasteiger partial charge in [-0.1, -0.05) is 11.6 Å². The molecule has 90 valence electrons. The fraction of sp³-hybridized carbons (Fsp3) is 0.111. The highest BCUT2D eigenvalue weighted by Gasteiger charge is 2.32. The lowest BCUT2D eigenvalue weighted by Crippen LogP contribution is -2.06. The first-order valence-corrected chi connectivity index (χ1v) is 5.58. The molecular formula is C9H5ClF3N3S. The molecule has 17 heavy (non-hydrogen) atoms. The Morgan fingerprint density at radius 1 is 1.35 bits per heavy atom. The van der Waals surface area contributed by atoms with E-state index in [1.807, 2.05) is 0 Å². The molecule has 0 aliphatic rings. The van der Waals surface area contributed by atoms with E-state index in [9.17, 15) is 13.2 Å². The van der Waals surface area contributed by atoms with Crippen LogP contribution in [0.4, 0.5) is 18.3 Å². The molecule has 0 radical (unpaired) electrons. The van der Waals surface area contributed by atoms with Crippen LogP contribution < -0.4 is 5.73 Å². The third-order valence-electron chi connectivity index (χ3n) is 1.96. The maximum Gasteiger partial charge on any atom is 0.417 e. The van der Waals surface area contributed by atoms with Crippen LogP contribution in [0.25, 0.3) is 11.3 Å². The van der Waals surface area contributed by atoms with Crippen LogP contribution in [0.15, 0.2) is 17.6 Å². The molecule has 0 spiro atoms. The Kier molecular flexibility index (Phi) is 2.96. The monoisotopic (exact) mass is 279 g/mol. The Balaban J connectivity index is 2.54. The molecule has 0 saturated carbocycles. The summed E-state index contributed by atoms with van der Waals surface area (Å²) in [4.78, 5) is 7.37. The Morgan fingerprint density at radius 2 is 2.06 bits per heavy atom. The Bertz CT molecular complexity index is 553. The number of aromatic nitrogens is 2. The van der Waals surface area contributed by atoms with Crippen molar-refractivity contribution >= 4 is 28.1 Å². The third kappa shape index (κ3) is 2.50. The molecule has 0 atom stereocenters. The van der Waals surface area contributed by atoms with Crippen molar-refractivity contribution in [1.82, 2.24) is 9.97 Å². The van der Waals surface area contributed by atoms with Crippen LogP contribution in [0.1, 0.15) is 5.56 Å². The maximum atomic E-state index is 12.5. The second-order valence-corrected chi connectivity index (χ2v) is 4.38. The lowest BCUT2D eigenvalue weighted by Gasteiger charge is -2.08. The Labute approximate surface area is 103 Å². The second-order valence-electron chi connectivity index (χ2n) is 3.13. The Morgan fingerprint density at radius 3 is 2.59 bits per heavy atom. The molecule has 8 heteroatoms. The third-order valence-corrected chi connectivity index (χ3v) is 2.94. The van der Waals surface area contributed by atoms with Gasteiger partial charge in [-0.25, -0.2) is 9.97 Å². The summed E-state index contributed by atoms with van der Waals surface area (Å²) in [6.45, 7) is 0. The van der Waals surface area contributed by atoms with Gasteiger partial charge >= 0.3 is 6.18 Å². The molecule has 2 heterocycles. The number of anilines is 1. The van der Waals surface area contributed by atoms with E-state index in [1.54, 1.807) is 0 Å². The van der Waals surface area contributed by atoms with Crippen LogP contribution in [0.2, 0.25) is 5.15 Å². The Hall–Kier alpha value is -1.34.